The summed E-state index contributed by atoms with van der Waals surface area (Å²) < 4.78 is 5.42. The van der Waals surface area contributed by atoms with E-state index in [2.05, 4.69) is 10.3 Å². The van der Waals surface area contributed by atoms with E-state index >= 15 is 0 Å². The number of amides is 2. The van der Waals surface area contributed by atoms with E-state index in [1.54, 1.807) is 17.0 Å². The van der Waals surface area contributed by atoms with Gasteiger partial charge in [-0.3, -0.25) is 10.1 Å². The van der Waals surface area contributed by atoms with Crippen molar-refractivity contribution in [2.45, 2.75) is 39.3 Å². The molecular weight excluding hydrogens is 409 g/mol. The van der Waals surface area contributed by atoms with Crippen molar-refractivity contribution in [2.24, 2.45) is 0 Å². The Morgan fingerprint density at radius 1 is 1.30 bits per heavy atom. The van der Waals surface area contributed by atoms with Crippen LogP contribution >= 0.6 is 34.5 Å². The number of nitrogens with one attached hydrogen (secondary N) is 1. The maximum Gasteiger partial charge on any atom is 0.410 e. The van der Waals surface area contributed by atoms with E-state index < -0.39 is 5.60 Å². The number of fused-ring (bicyclic) bond motifs is 1. The summed E-state index contributed by atoms with van der Waals surface area (Å²) in [5.74, 6) is -0.355. The molecule has 1 aromatic heterocycles. The summed E-state index contributed by atoms with van der Waals surface area (Å²) in [4.78, 5) is 31.7. The van der Waals surface area contributed by atoms with E-state index in [1.807, 2.05) is 20.8 Å². The lowest BCUT2D eigenvalue weighted by atomic mass is 10.2. The smallest absolute Gasteiger partial charge is 0.410 e. The molecule has 0 aliphatic carbocycles. The molecule has 0 atom stereocenters. The fraction of sp³-hybridized carbons (Fsp3) is 0.389. The second kappa shape index (κ2) is 7.66. The number of anilines is 1. The lowest BCUT2D eigenvalue weighted by Crippen LogP contribution is -2.39. The van der Waals surface area contributed by atoms with E-state index in [9.17, 15) is 9.59 Å². The first-order valence-corrected chi connectivity index (χ1v) is 9.92. The molecule has 2 heterocycles. The van der Waals surface area contributed by atoms with Crippen LogP contribution in [0.2, 0.25) is 10.0 Å². The molecule has 0 radical (unpaired) electrons. The van der Waals surface area contributed by atoms with Crippen LogP contribution in [0, 0.1) is 0 Å². The number of hydrogen-bond acceptors (Lipinski definition) is 5. The number of carbonyl (C=O) groups is 2. The normalized spacial score (nSPS) is 13.9. The Hall–Kier alpha value is -1.83. The molecule has 3 rings (SSSR count). The van der Waals surface area contributed by atoms with Gasteiger partial charge in [0.2, 0.25) is 0 Å². The molecule has 1 aromatic carbocycles. The van der Waals surface area contributed by atoms with Crippen LogP contribution in [0.15, 0.2) is 18.2 Å². The van der Waals surface area contributed by atoms with Crippen LogP contribution in [-0.2, 0) is 17.7 Å². The van der Waals surface area contributed by atoms with Crippen molar-refractivity contribution in [1.82, 2.24) is 9.88 Å². The van der Waals surface area contributed by atoms with Crippen molar-refractivity contribution in [2.75, 3.05) is 11.9 Å². The maximum atomic E-state index is 12.4. The van der Waals surface area contributed by atoms with Crippen LogP contribution in [0.4, 0.5) is 9.93 Å². The van der Waals surface area contributed by atoms with Gasteiger partial charge in [-0.05, 0) is 39.0 Å². The number of aromatic nitrogens is 1. The highest BCUT2D eigenvalue weighted by molar-refractivity contribution is 7.15. The Kier molecular flexibility index (Phi) is 5.65. The minimum atomic E-state index is -0.540. The van der Waals surface area contributed by atoms with Crippen molar-refractivity contribution >= 4 is 51.7 Å². The number of rotatable bonds is 2. The molecule has 0 fully saturated rings. The lowest BCUT2D eigenvalue weighted by Gasteiger charge is -2.29. The van der Waals surface area contributed by atoms with Crippen molar-refractivity contribution in [1.29, 1.82) is 0 Å². The van der Waals surface area contributed by atoms with Crippen LogP contribution in [0.3, 0.4) is 0 Å². The third-order valence-corrected chi connectivity index (χ3v) is 5.32. The van der Waals surface area contributed by atoms with Gasteiger partial charge in [0, 0.05) is 22.9 Å². The molecule has 9 heteroatoms. The Morgan fingerprint density at radius 3 is 2.70 bits per heavy atom. The number of benzene rings is 1. The zero-order valence-electron chi connectivity index (χ0n) is 15.1. The molecule has 2 amide bonds. The molecule has 0 saturated carbocycles. The van der Waals surface area contributed by atoms with Crippen LogP contribution in [0.1, 0.15) is 41.7 Å². The summed E-state index contributed by atoms with van der Waals surface area (Å²) in [6.45, 7) is 6.45. The van der Waals surface area contributed by atoms with Crippen LogP contribution < -0.4 is 5.32 Å². The van der Waals surface area contributed by atoms with Crippen molar-refractivity contribution in [3.8, 4) is 0 Å². The quantitative estimate of drug-likeness (QED) is 0.731. The Labute approximate surface area is 171 Å². The minimum absolute atomic E-state index is 0.275. The van der Waals surface area contributed by atoms with E-state index in [0.29, 0.717) is 35.2 Å². The Bertz CT molecular complexity index is 892. The zero-order valence-corrected chi connectivity index (χ0v) is 17.5. The van der Waals surface area contributed by atoms with Gasteiger partial charge in [-0.2, -0.15) is 0 Å². The average Bonchev–Trinajstić information content (AvgIpc) is 2.94. The minimum Gasteiger partial charge on any atom is -0.444 e. The number of halogens is 2. The monoisotopic (exact) mass is 427 g/mol. The first-order chi connectivity index (χ1) is 12.6. The first-order valence-electron chi connectivity index (χ1n) is 8.35. The fourth-order valence-electron chi connectivity index (χ4n) is 2.57. The molecule has 27 heavy (non-hydrogen) atoms. The molecule has 0 saturated heterocycles. The molecule has 2 aromatic rings. The molecule has 1 aliphatic rings. The number of carbonyl (C=O) groups excluding carboxylic acids is 2. The Morgan fingerprint density at radius 2 is 2.04 bits per heavy atom. The first kappa shape index (κ1) is 19.9. The number of ether oxygens (including phenoxy) is 1. The van der Waals surface area contributed by atoms with Crippen molar-refractivity contribution in [3.05, 3.63) is 44.4 Å². The molecule has 0 spiro atoms. The molecular formula is C18H19Cl2N3O3S. The standard InChI is InChI=1S/C18H19Cl2N3O3S/c1-18(2,3)26-17(25)23-7-6-13-14(9-23)27-16(21-13)22-15(24)11-5-4-10(19)8-12(11)20/h4-5,8H,6-7,9H2,1-3H3,(H,21,22,24). The molecule has 1 N–H and O–H groups in total. The van der Waals surface area contributed by atoms with Crippen LogP contribution in [-0.4, -0.2) is 34.0 Å². The van der Waals surface area contributed by atoms with Crippen molar-refractivity contribution in [3.63, 3.8) is 0 Å². The van der Waals surface area contributed by atoms with Gasteiger partial charge in [0.15, 0.2) is 5.13 Å². The largest absolute Gasteiger partial charge is 0.444 e. The summed E-state index contributed by atoms with van der Waals surface area (Å²) in [6, 6.07) is 4.69. The summed E-state index contributed by atoms with van der Waals surface area (Å²) in [7, 11) is 0. The van der Waals surface area contributed by atoms with Gasteiger partial charge >= 0.3 is 6.09 Å². The number of thiazole rings is 1. The third kappa shape index (κ3) is 4.91. The summed E-state index contributed by atoms with van der Waals surface area (Å²) in [5.41, 5.74) is 0.670. The van der Waals surface area contributed by atoms with Gasteiger partial charge in [-0.1, -0.05) is 34.5 Å². The van der Waals surface area contributed by atoms with E-state index in [-0.39, 0.29) is 17.0 Å². The Balaban J connectivity index is 1.69. The number of nitrogens with zero attached hydrogens (tertiary/aromatic N) is 2. The molecule has 0 unspecified atom stereocenters. The highest BCUT2D eigenvalue weighted by atomic mass is 35.5. The van der Waals surface area contributed by atoms with Gasteiger partial charge in [-0.25, -0.2) is 9.78 Å². The lowest BCUT2D eigenvalue weighted by molar-refractivity contribution is 0.0225. The second-order valence-corrected chi connectivity index (χ2v) is 9.05. The zero-order chi connectivity index (χ0) is 19.8. The highest BCUT2D eigenvalue weighted by Gasteiger charge is 2.28. The SMILES string of the molecule is CC(C)(C)OC(=O)N1CCc2nc(NC(=O)c3ccc(Cl)cc3Cl)sc2C1. The molecule has 144 valence electrons. The third-order valence-electron chi connectivity index (χ3n) is 3.78. The highest BCUT2D eigenvalue weighted by Crippen LogP contribution is 2.30. The maximum absolute atomic E-state index is 12.4. The van der Waals surface area contributed by atoms with Gasteiger partial charge in [0.25, 0.3) is 5.91 Å². The summed E-state index contributed by atoms with van der Waals surface area (Å²) in [5, 5.41) is 3.98. The van der Waals surface area contributed by atoms with Crippen LogP contribution in [0.25, 0.3) is 0 Å². The molecule has 1 aliphatic heterocycles. The van der Waals surface area contributed by atoms with E-state index in [1.165, 1.54) is 17.4 Å². The van der Waals surface area contributed by atoms with E-state index in [0.717, 1.165) is 10.6 Å². The van der Waals surface area contributed by atoms with Crippen LogP contribution in [0.5, 0.6) is 0 Å². The van der Waals surface area contributed by atoms with Crippen molar-refractivity contribution < 1.29 is 14.3 Å². The second-order valence-electron chi connectivity index (χ2n) is 7.12. The predicted molar refractivity (Wildman–Crippen MR) is 107 cm³/mol. The predicted octanol–water partition coefficient (Wildman–Crippen LogP) is 5.00. The van der Waals surface area contributed by atoms with Gasteiger partial charge in [0.05, 0.1) is 22.8 Å². The number of hydrogen-bond donors (Lipinski definition) is 1. The van der Waals surface area contributed by atoms with Gasteiger partial charge in [-0.15, -0.1) is 0 Å². The van der Waals surface area contributed by atoms with Gasteiger partial charge < -0.3 is 9.64 Å². The summed E-state index contributed by atoms with van der Waals surface area (Å²) in [6.07, 6.45) is 0.267. The molecule has 0 bridgehead atoms. The molecule has 6 nitrogen and oxygen atoms in total. The summed E-state index contributed by atoms with van der Waals surface area (Å²) >= 11 is 13.3. The topological polar surface area (TPSA) is 71.5 Å². The fourth-order valence-corrected chi connectivity index (χ4v) is 4.08. The van der Waals surface area contributed by atoms with Gasteiger partial charge in [0.1, 0.15) is 5.60 Å². The van der Waals surface area contributed by atoms with E-state index in [4.69, 9.17) is 27.9 Å². The average molecular weight is 428 g/mol.